The molecule has 0 saturated heterocycles. The van der Waals surface area contributed by atoms with Gasteiger partial charge in [-0.1, -0.05) is 24.3 Å². The summed E-state index contributed by atoms with van der Waals surface area (Å²) < 4.78 is 0. The van der Waals surface area contributed by atoms with E-state index in [-0.39, 0.29) is 5.56 Å². The summed E-state index contributed by atoms with van der Waals surface area (Å²) in [5.74, 6) is -4.21. The number of phenolic OH excluding ortho intramolecular Hbond substituents is 5. The average Bonchev–Trinajstić information content (AvgIpc) is 2.76. The first kappa shape index (κ1) is 20.1. The highest BCUT2D eigenvalue weighted by molar-refractivity contribution is 6.21. The van der Waals surface area contributed by atoms with Gasteiger partial charge in [0, 0.05) is 30.8 Å². The molecule has 7 N–H and O–H groups in total. The number of rotatable bonds is 5. The molecule has 0 amide bonds. The van der Waals surface area contributed by atoms with Crippen LogP contribution in [-0.4, -0.2) is 47.5 Å². The Labute approximate surface area is 169 Å². The first-order valence-electron chi connectivity index (χ1n) is 9.01. The molecular weight excluding hydrogens is 371 g/mol. The van der Waals surface area contributed by atoms with Gasteiger partial charge in [0.25, 0.3) is 0 Å². The largest absolute Gasteiger partial charge is 0.504 e. The van der Waals surface area contributed by atoms with Gasteiger partial charge in [0.1, 0.15) is 7.85 Å². The van der Waals surface area contributed by atoms with Crippen LogP contribution in [-0.2, 0) is 5.31 Å². The average molecular weight is 394 g/mol. The van der Waals surface area contributed by atoms with Crippen LogP contribution in [0.5, 0.6) is 28.7 Å². The molecule has 3 aromatic rings. The minimum Gasteiger partial charge on any atom is -0.504 e. The molecule has 0 atom stereocenters. The Morgan fingerprint density at radius 1 is 0.586 bits per heavy atom. The molecule has 7 nitrogen and oxygen atoms in total. The maximum absolute atomic E-state index is 10.6. The monoisotopic (exact) mass is 394 g/mol. The molecule has 0 aliphatic rings. The van der Waals surface area contributed by atoms with Crippen molar-refractivity contribution in [2.24, 2.45) is 0 Å². The third-order valence-electron chi connectivity index (χ3n) is 5.37. The van der Waals surface area contributed by atoms with E-state index in [0.717, 1.165) is 11.4 Å². The first-order valence-corrected chi connectivity index (χ1v) is 9.01. The van der Waals surface area contributed by atoms with Crippen molar-refractivity contribution >= 4 is 19.2 Å². The van der Waals surface area contributed by atoms with E-state index >= 15 is 0 Å². The van der Waals surface area contributed by atoms with Crippen LogP contribution in [0.1, 0.15) is 16.7 Å². The quantitative estimate of drug-likeness (QED) is 0.153. The van der Waals surface area contributed by atoms with Gasteiger partial charge >= 0.3 is 0 Å². The molecule has 0 bridgehead atoms. The Kier molecular flexibility index (Phi) is 5.11. The molecule has 29 heavy (non-hydrogen) atoms. The first-order chi connectivity index (χ1) is 13.7. The van der Waals surface area contributed by atoms with Crippen molar-refractivity contribution in [2.45, 2.75) is 5.31 Å². The van der Waals surface area contributed by atoms with E-state index in [4.69, 9.17) is 0 Å². The van der Waals surface area contributed by atoms with Crippen molar-refractivity contribution in [1.29, 1.82) is 0 Å². The molecule has 0 radical (unpaired) electrons. The lowest BCUT2D eigenvalue weighted by Crippen LogP contribution is -2.30. The number of hydrogen-bond donors (Lipinski definition) is 7. The smallest absolute Gasteiger partial charge is 0.208 e. The Balaban J connectivity index is 2.37. The van der Waals surface area contributed by atoms with Crippen LogP contribution in [0.4, 0.5) is 11.4 Å². The second-order valence-electron chi connectivity index (χ2n) is 6.90. The predicted molar refractivity (Wildman–Crippen MR) is 115 cm³/mol. The van der Waals surface area contributed by atoms with Crippen molar-refractivity contribution in [3.63, 3.8) is 0 Å². The fraction of sp³-hybridized carbons (Fsp3) is 0.143. The molecule has 0 saturated carbocycles. The second-order valence-corrected chi connectivity index (χ2v) is 6.90. The summed E-state index contributed by atoms with van der Waals surface area (Å²) in [5, 5.41) is 56.2. The topological polar surface area (TPSA) is 125 Å². The Hall–Kier alpha value is -3.68. The third kappa shape index (κ3) is 3.12. The molecule has 8 heteroatoms. The maximum atomic E-state index is 10.6. The number of phenols is 5. The van der Waals surface area contributed by atoms with E-state index in [2.05, 4.69) is 10.6 Å². The van der Waals surface area contributed by atoms with Crippen molar-refractivity contribution in [3.05, 3.63) is 65.2 Å². The van der Waals surface area contributed by atoms with Crippen molar-refractivity contribution in [2.75, 3.05) is 24.7 Å². The number of hydrogen-bond acceptors (Lipinski definition) is 7. The van der Waals surface area contributed by atoms with Gasteiger partial charge in [-0.3, -0.25) is 0 Å². The van der Waals surface area contributed by atoms with Gasteiger partial charge in [-0.2, -0.15) is 0 Å². The standard InChI is InChI=1S/C21H23BN2O5/c1-23-13-7-3-11(4-8-13)21(22,12-5-9-14(24-2)10-6-12)15-16(25)18(27)20(29)19(28)17(15)26/h3-10,23-29H,22H2,1-2H3. The maximum Gasteiger partial charge on any atom is 0.208 e. The van der Waals surface area contributed by atoms with Crippen LogP contribution in [0.25, 0.3) is 0 Å². The Morgan fingerprint density at radius 2 is 0.897 bits per heavy atom. The van der Waals surface area contributed by atoms with Gasteiger partial charge in [0.15, 0.2) is 11.5 Å². The van der Waals surface area contributed by atoms with E-state index in [1.165, 1.54) is 0 Å². The van der Waals surface area contributed by atoms with Gasteiger partial charge < -0.3 is 36.2 Å². The van der Waals surface area contributed by atoms with Crippen LogP contribution in [0.15, 0.2) is 48.5 Å². The zero-order valence-electron chi connectivity index (χ0n) is 16.4. The fourth-order valence-corrected chi connectivity index (χ4v) is 3.55. The molecule has 0 spiro atoms. The predicted octanol–water partition coefficient (Wildman–Crippen LogP) is 2.22. The third-order valence-corrected chi connectivity index (χ3v) is 5.37. The van der Waals surface area contributed by atoms with Gasteiger partial charge in [0.2, 0.25) is 17.2 Å². The SMILES string of the molecule is BC(c1ccc(NC)cc1)(c1ccc(NC)cc1)c1c(O)c(O)c(O)c(O)c1O. The summed E-state index contributed by atoms with van der Waals surface area (Å²) in [5.41, 5.74) is 2.98. The van der Waals surface area contributed by atoms with Crippen molar-refractivity contribution < 1.29 is 25.5 Å². The molecule has 0 aliphatic carbocycles. The van der Waals surface area contributed by atoms with E-state index < -0.39 is 34.1 Å². The van der Waals surface area contributed by atoms with Crippen molar-refractivity contribution in [1.82, 2.24) is 0 Å². The molecular formula is C21H23BN2O5. The van der Waals surface area contributed by atoms with E-state index in [1.807, 2.05) is 48.5 Å². The summed E-state index contributed by atoms with van der Waals surface area (Å²) in [4.78, 5) is 0. The lowest BCUT2D eigenvalue weighted by molar-refractivity contribution is 0.322. The van der Waals surface area contributed by atoms with Crippen LogP contribution >= 0.6 is 0 Å². The minimum atomic E-state index is -1.17. The lowest BCUT2D eigenvalue weighted by atomic mass is 9.55. The zero-order valence-corrected chi connectivity index (χ0v) is 16.4. The number of benzene rings is 3. The van der Waals surface area contributed by atoms with Crippen LogP contribution in [0.3, 0.4) is 0 Å². The summed E-state index contributed by atoms with van der Waals surface area (Å²) in [6, 6.07) is 14.6. The number of aromatic hydroxyl groups is 5. The van der Waals surface area contributed by atoms with E-state index in [9.17, 15) is 25.5 Å². The highest BCUT2D eigenvalue weighted by Crippen LogP contribution is 2.56. The molecule has 3 rings (SSSR count). The van der Waals surface area contributed by atoms with E-state index in [1.54, 1.807) is 21.9 Å². The lowest BCUT2D eigenvalue weighted by Gasteiger charge is -2.33. The fourth-order valence-electron chi connectivity index (χ4n) is 3.55. The van der Waals surface area contributed by atoms with Gasteiger partial charge in [-0.15, -0.1) is 0 Å². The van der Waals surface area contributed by atoms with Crippen LogP contribution < -0.4 is 10.6 Å². The van der Waals surface area contributed by atoms with Gasteiger partial charge in [0.05, 0.1) is 5.56 Å². The molecule has 150 valence electrons. The highest BCUT2D eigenvalue weighted by atomic mass is 16.4. The molecule has 0 aliphatic heterocycles. The molecule has 0 unspecified atom stereocenters. The molecule has 0 fully saturated rings. The van der Waals surface area contributed by atoms with Crippen molar-refractivity contribution in [3.8, 4) is 28.7 Å². The summed E-state index contributed by atoms with van der Waals surface area (Å²) >= 11 is 0. The van der Waals surface area contributed by atoms with Crippen LogP contribution in [0, 0.1) is 0 Å². The zero-order chi connectivity index (χ0) is 21.3. The second kappa shape index (κ2) is 7.39. The highest BCUT2D eigenvalue weighted by Gasteiger charge is 2.39. The Bertz CT molecular complexity index is 960. The number of nitrogens with one attached hydrogen (secondary N) is 2. The van der Waals surface area contributed by atoms with Crippen LogP contribution in [0.2, 0.25) is 0 Å². The molecule has 0 aromatic heterocycles. The number of anilines is 2. The van der Waals surface area contributed by atoms with Gasteiger partial charge in [-0.05, 0) is 35.4 Å². The molecule has 0 heterocycles. The summed E-state index contributed by atoms with van der Waals surface area (Å²) in [6.45, 7) is 0. The van der Waals surface area contributed by atoms with E-state index in [0.29, 0.717) is 11.1 Å². The summed E-state index contributed by atoms with van der Waals surface area (Å²) in [7, 11) is 5.33. The normalized spacial score (nSPS) is 11.2. The molecule has 3 aromatic carbocycles. The Morgan fingerprint density at radius 3 is 1.21 bits per heavy atom. The van der Waals surface area contributed by atoms with Gasteiger partial charge in [-0.25, -0.2) is 0 Å². The summed E-state index contributed by atoms with van der Waals surface area (Å²) in [6.07, 6.45) is 0. The minimum absolute atomic E-state index is 0.125.